The Bertz CT molecular complexity index is 389. The fourth-order valence-electron chi connectivity index (χ4n) is 3.05. The molecular formula is C16H30N4O3. The van der Waals surface area contributed by atoms with E-state index in [-0.39, 0.29) is 18.0 Å². The van der Waals surface area contributed by atoms with E-state index in [0.717, 1.165) is 45.6 Å². The first kappa shape index (κ1) is 18.0. The molecule has 7 heteroatoms. The van der Waals surface area contributed by atoms with E-state index < -0.39 is 0 Å². The number of carbonyl (C=O) groups is 2. The smallest absolute Gasteiger partial charge is 0.409 e. The summed E-state index contributed by atoms with van der Waals surface area (Å²) >= 11 is 0. The standard InChI is InChI=1S/C16H30N4O3/c1-3-23-16(22)20-8-4-14(5-9-20)17-15(21)6-7-19-12-10-18(2)11-13-19/h14H,3-13H2,1-2H3,(H,17,21). The van der Waals surface area contributed by atoms with Gasteiger partial charge in [-0.1, -0.05) is 0 Å². The van der Waals surface area contributed by atoms with Crippen molar-refractivity contribution in [3.8, 4) is 0 Å². The summed E-state index contributed by atoms with van der Waals surface area (Å²) in [5.74, 6) is 0.124. The van der Waals surface area contributed by atoms with E-state index in [1.807, 2.05) is 6.92 Å². The van der Waals surface area contributed by atoms with Crippen LogP contribution in [-0.2, 0) is 9.53 Å². The molecule has 7 nitrogen and oxygen atoms in total. The first-order chi connectivity index (χ1) is 11.1. The van der Waals surface area contributed by atoms with Gasteiger partial charge in [-0.05, 0) is 26.8 Å². The van der Waals surface area contributed by atoms with Crippen LogP contribution in [0.3, 0.4) is 0 Å². The topological polar surface area (TPSA) is 65.1 Å². The number of likely N-dealkylation sites (tertiary alicyclic amines) is 1. The Balaban J connectivity index is 1.60. The predicted molar refractivity (Wildman–Crippen MR) is 88.3 cm³/mol. The highest BCUT2D eigenvalue weighted by Gasteiger charge is 2.24. The molecule has 2 heterocycles. The monoisotopic (exact) mass is 326 g/mol. The molecule has 0 atom stereocenters. The minimum absolute atomic E-state index is 0.124. The quantitative estimate of drug-likeness (QED) is 0.790. The molecule has 0 saturated carbocycles. The number of likely N-dealkylation sites (N-methyl/N-ethyl adjacent to an activating group) is 1. The maximum absolute atomic E-state index is 12.1. The number of hydrogen-bond donors (Lipinski definition) is 1. The Hall–Kier alpha value is -1.34. The number of amides is 2. The molecule has 2 aliphatic rings. The minimum Gasteiger partial charge on any atom is -0.450 e. The van der Waals surface area contributed by atoms with Crippen molar-refractivity contribution in [2.75, 3.05) is 59.5 Å². The van der Waals surface area contributed by atoms with Crippen molar-refractivity contribution < 1.29 is 14.3 Å². The van der Waals surface area contributed by atoms with Crippen LogP contribution in [-0.4, -0.2) is 92.2 Å². The van der Waals surface area contributed by atoms with E-state index in [9.17, 15) is 9.59 Å². The molecule has 2 saturated heterocycles. The third-order valence-electron chi connectivity index (χ3n) is 4.64. The van der Waals surface area contributed by atoms with Crippen molar-refractivity contribution in [1.29, 1.82) is 0 Å². The van der Waals surface area contributed by atoms with Crippen LogP contribution in [0.5, 0.6) is 0 Å². The lowest BCUT2D eigenvalue weighted by atomic mass is 10.1. The molecule has 0 spiro atoms. The van der Waals surface area contributed by atoms with Crippen LogP contribution < -0.4 is 5.32 Å². The van der Waals surface area contributed by atoms with E-state index in [1.165, 1.54) is 0 Å². The van der Waals surface area contributed by atoms with Gasteiger partial charge in [0, 0.05) is 58.3 Å². The first-order valence-electron chi connectivity index (χ1n) is 8.70. The summed E-state index contributed by atoms with van der Waals surface area (Å²) in [6.07, 6.45) is 1.92. The van der Waals surface area contributed by atoms with E-state index in [4.69, 9.17) is 4.74 Å². The second kappa shape index (κ2) is 9.08. The fraction of sp³-hybridized carbons (Fsp3) is 0.875. The zero-order chi connectivity index (χ0) is 16.7. The first-order valence-corrected chi connectivity index (χ1v) is 8.70. The third-order valence-corrected chi connectivity index (χ3v) is 4.64. The summed E-state index contributed by atoms with van der Waals surface area (Å²) in [4.78, 5) is 30.1. The highest BCUT2D eigenvalue weighted by Crippen LogP contribution is 2.12. The van der Waals surface area contributed by atoms with Gasteiger partial charge in [-0.2, -0.15) is 0 Å². The largest absolute Gasteiger partial charge is 0.450 e. The van der Waals surface area contributed by atoms with Crippen molar-refractivity contribution in [3.05, 3.63) is 0 Å². The van der Waals surface area contributed by atoms with Gasteiger partial charge in [0.15, 0.2) is 0 Å². The highest BCUT2D eigenvalue weighted by atomic mass is 16.6. The Morgan fingerprint density at radius 3 is 2.35 bits per heavy atom. The Morgan fingerprint density at radius 1 is 1.09 bits per heavy atom. The molecular weight excluding hydrogens is 296 g/mol. The average molecular weight is 326 g/mol. The van der Waals surface area contributed by atoms with Gasteiger partial charge in [0.25, 0.3) is 0 Å². The van der Waals surface area contributed by atoms with Gasteiger partial charge in [-0.25, -0.2) is 4.79 Å². The number of carbonyl (C=O) groups excluding carboxylic acids is 2. The normalized spacial score (nSPS) is 21.2. The number of rotatable bonds is 5. The van der Waals surface area contributed by atoms with E-state index in [0.29, 0.717) is 26.1 Å². The molecule has 132 valence electrons. The predicted octanol–water partition coefficient (Wildman–Crippen LogP) is 0.361. The lowest BCUT2D eigenvalue weighted by Crippen LogP contribution is -2.48. The average Bonchev–Trinajstić information content (AvgIpc) is 2.55. The summed E-state index contributed by atoms with van der Waals surface area (Å²) in [6, 6.07) is 0.181. The maximum Gasteiger partial charge on any atom is 0.409 e. The van der Waals surface area contributed by atoms with Gasteiger partial charge in [-0.3, -0.25) is 4.79 Å². The zero-order valence-corrected chi connectivity index (χ0v) is 14.4. The molecule has 2 aliphatic heterocycles. The summed E-state index contributed by atoms with van der Waals surface area (Å²) < 4.78 is 5.00. The van der Waals surface area contributed by atoms with Gasteiger partial charge in [-0.15, -0.1) is 0 Å². The molecule has 2 rings (SSSR count). The second-order valence-corrected chi connectivity index (χ2v) is 6.42. The summed E-state index contributed by atoms with van der Waals surface area (Å²) in [5.41, 5.74) is 0. The van der Waals surface area contributed by atoms with Crippen molar-refractivity contribution in [2.24, 2.45) is 0 Å². The molecule has 0 unspecified atom stereocenters. The van der Waals surface area contributed by atoms with Gasteiger partial charge < -0.3 is 24.8 Å². The third kappa shape index (κ3) is 5.99. The van der Waals surface area contributed by atoms with Crippen LogP contribution in [0.1, 0.15) is 26.2 Å². The molecule has 23 heavy (non-hydrogen) atoms. The number of nitrogens with one attached hydrogen (secondary N) is 1. The molecule has 1 N–H and O–H groups in total. The molecule has 2 fully saturated rings. The lowest BCUT2D eigenvalue weighted by molar-refractivity contribution is -0.122. The molecule has 0 aliphatic carbocycles. The fourth-order valence-corrected chi connectivity index (χ4v) is 3.05. The molecule has 0 aromatic carbocycles. The molecule has 0 bridgehead atoms. The van der Waals surface area contributed by atoms with Crippen LogP contribution in [0, 0.1) is 0 Å². The lowest BCUT2D eigenvalue weighted by Gasteiger charge is -2.33. The number of ether oxygens (including phenoxy) is 1. The van der Waals surface area contributed by atoms with E-state index in [1.54, 1.807) is 4.90 Å². The second-order valence-electron chi connectivity index (χ2n) is 6.42. The number of hydrogen-bond acceptors (Lipinski definition) is 5. The minimum atomic E-state index is -0.243. The van der Waals surface area contributed by atoms with Crippen LogP contribution in [0.25, 0.3) is 0 Å². The summed E-state index contributed by atoms with van der Waals surface area (Å²) in [5, 5.41) is 3.10. The van der Waals surface area contributed by atoms with Crippen LogP contribution in [0.15, 0.2) is 0 Å². The van der Waals surface area contributed by atoms with Crippen LogP contribution in [0.4, 0.5) is 4.79 Å². The zero-order valence-electron chi connectivity index (χ0n) is 14.4. The summed E-state index contributed by atoms with van der Waals surface area (Å²) in [6.45, 7) is 8.60. The van der Waals surface area contributed by atoms with Gasteiger partial charge in [0.05, 0.1) is 6.61 Å². The Kier molecular flexibility index (Phi) is 7.11. The molecule has 0 aromatic rings. The van der Waals surface area contributed by atoms with E-state index >= 15 is 0 Å². The number of piperidine rings is 1. The SMILES string of the molecule is CCOC(=O)N1CCC(NC(=O)CCN2CCN(C)CC2)CC1. The number of piperazine rings is 1. The van der Waals surface area contributed by atoms with Gasteiger partial charge in [0.1, 0.15) is 0 Å². The highest BCUT2D eigenvalue weighted by molar-refractivity contribution is 5.76. The van der Waals surface area contributed by atoms with Gasteiger partial charge >= 0.3 is 6.09 Å². The Labute approximate surface area is 138 Å². The van der Waals surface area contributed by atoms with E-state index in [2.05, 4.69) is 22.2 Å². The van der Waals surface area contributed by atoms with Crippen molar-refractivity contribution >= 4 is 12.0 Å². The van der Waals surface area contributed by atoms with Crippen molar-refractivity contribution in [2.45, 2.75) is 32.2 Å². The van der Waals surface area contributed by atoms with Crippen molar-refractivity contribution in [1.82, 2.24) is 20.0 Å². The molecule has 0 aromatic heterocycles. The summed E-state index contributed by atoms with van der Waals surface area (Å²) in [7, 11) is 2.13. The maximum atomic E-state index is 12.1. The van der Waals surface area contributed by atoms with Crippen LogP contribution >= 0.6 is 0 Å². The molecule has 0 radical (unpaired) electrons. The van der Waals surface area contributed by atoms with Crippen molar-refractivity contribution in [3.63, 3.8) is 0 Å². The Morgan fingerprint density at radius 2 is 1.74 bits per heavy atom. The molecule has 2 amide bonds. The van der Waals surface area contributed by atoms with Gasteiger partial charge in [0.2, 0.25) is 5.91 Å². The van der Waals surface area contributed by atoms with Crippen LogP contribution in [0.2, 0.25) is 0 Å². The number of nitrogens with zero attached hydrogens (tertiary/aromatic N) is 3.